The van der Waals surface area contributed by atoms with E-state index in [1.54, 1.807) is 33.7 Å². The van der Waals surface area contributed by atoms with E-state index in [9.17, 15) is 0 Å². The van der Waals surface area contributed by atoms with E-state index in [4.69, 9.17) is 14.2 Å². The molecule has 0 atom stereocenters. The first-order valence-corrected chi connectivity index (χ1v) is 5.13. The average Bonchev–Trinajstić information content (AvgIpc) is 2.26. The molecule has 15 heavy (non-hydrogen) atoms. The highest BCUT2D eigenvalue weighted by atomic mass is 79.9. The first-order valence-electron chi connectivity index (χ1n) is 4.33. The van der Waals surface area contributed by atoms with Gasteiger partial charge in [0.2, 0.25) is 0 Å². The summed E-state index contributed by atoms with van der Waals surface area (Å²) in [5.74, 6) is 1.46. The van der Waals surface area contributed by atoms with Gasteiger partial charge in [0.15, 0.2) is 0 Å². The highest BCUT2D eigenvalue weighted by Crippen LogP contribution is 2.33. The van der Waals surface area contributed by atoms with Gasteiger partial charge < -0.3 is 14.2 Å². The molecule has 1 aromatic carbocycles. The van der Waals surface area contributed by atoms with Gasteiger partial charge >= 0.3 is 0 Å². The number of benzene rings is 1. The quantitative estimate of drug-likeness (QED) is 0.789. The number of methoxy groups -OCH3 is 3. The number of rotatable bonds is 4. The molecule has 0 heterocycles. The molecule has 0 N–H and O–H groups in total. The van der Waals surface area contributed by atoms with Gasteiger partial charge in [0.25, 0.3) is 0 Å². The lowest BCUT2D eigenvalue weighted by molar-refractivity contribution is 0.340. The fourth-order valence-electron chi connectivity index (χ4n) is 1.21. The normalized spacial score (nSPS) is 10.4. The minimum Gasteiger partial charge on any atom is -0.504 e. The molecule has 0 bridgehead atoms. The molecule has 3 nitrogen and oxygen atoms in total. The van der Waals surface area contributed by atoms with Gasteiger partial charge in [-0.1, -0.05) is 15.9 Å². The van der Waals surface area contributed by atoms with E-state index in [0.717, 1.165) is 21.5 Å². The standard InChI is InChI=1S/C11H13BrO3/c1-13-5-4-9-10(14-2)6-8(12)7-11(9)15-3/h4-7H,1-3H3. The largest absolute Gasteiger partial charge is 0.504 e. The van der Waals surface area contributed by atoms with E-state index in [1.165, 1.54) is 0 Å². The highest BCUT2D eigenvalue weighted by Gasteiger charge is 2.08. The summed E-state index contributed by atoms with van der Waals surface area (Å²) in [7, 11) is 4.82. The zero-order valence-electron chi connectivity index (χ0n) is 8.91. The van der Waals surface area contributed by atoms with Crippen LogP contribution in [-0.2, 0) is 4.74 Å². The predicted octanol–water partition coefficient (Wildman–Crippen LogP) is 3.08. The summed E-state index contributed by atoms with van der Waals surface area (Å²) in [4.78, 5) is 0. The SMILES string of the molecule is COC=Cc1c(OC)cc(Br)cc1OC. The molecule has 0 amide bonds. The monoisotopic (exact) mass is 272 g/mol. The van der Waals surface area contributed by atoms with Crippen molar-refractivity contribution in [2.24, 2.45) is 0 Å². The maximum absolute atomic E-state index is 5.25. The highest BCUT2D eigenvalue weighted by molar-refractivity contribution is 9.10. The Morgan fingerprint density at radius 3 is 2.00 bits per heavy atom. The first-order chi connectivity index (χ1) is 7.22. The Balaban J connectivity index is 3.24. The van der Waals surface area contributed by atoms with Crippen LogP contribution in [-0.4, -0.2) is 21.3 Å². The summed E-state index contributed by atoms with van der Waals surface area (Å²) in [6.07, 6.45) is 3.37. The second kappa shape index (κ2) is 5.66. The molecule has 0 aliphatic rings. The Labute approximate surface area is 97.8 Å². The van der Waals surface area contributed by atoms with Crippen molar-refractivity contribution < 1.29 is 14.2 Å². The van der Waals surface area contributed by atoms with Crippen LogP contribution in [0.1, 0.15) is 5.56 Å². The molecule has 0 aliphatic heterocycles. The molecule has 1 aromatic rings. The van der Waals surface area contributed by atoms with Crippen molar-refractivity contribution in [3.8, 4) is 11.5 Å². The van der Waals surface area contributed by atoms with Crippen LogP contribution in [0.5, 0.6) is 11.5 Å². The molecule has 0 radical (unpaired) electrons. The van der Waals surface area contributed by atoms with E-state index in [0.29, 0.717) is 0 Å². The second-order valence-electron chi connectivity index (χ2n) is 2.76. The summed E-state index contributed by atoms with van der Waals surface area (Å²) < 4.78 is 16.3. The van der Waals surface area contributed by atoms with Crippen LogP contribution >= 0.6 is 15.9 Å². The summed E-state index contributed by atoms with van der Waals surface area (Å²) in [5.41, 5.74) is 0.852. The van der Waals surface area contributed by atoms with Crippen molar-refractivity contribution in [2.75, 3.05) is 21.3 Å². The third kappa shape index (κ3) is 2.89. The van der Waals surface area contributed by atoms with Gasteiger partial charge in [-0.2, -0.15) is 0 Å². The number of hydrogen-bond acceptors (Lipinski definition) is 3. The lowest BCUT2D eigenvalue weighted by Crippen LogP contribution is -1.92. The Morgan fingerprint density at radius 2 is 1.60 bits per heavy atom. The van der Waals surface area contributed by atoms with Crippen molar-refractivity contribution in [3.05, 3.63) is 28.4 Å². The first kappa shape index (κ1) is 11.9. The lowest BCUT2D eigenvalue weighted by atomic mass is 10.1. The van der Waals surface area contributed by atoms with E-state index >= 15 is 0 Å². The molecule has 0 aliphatic carbocycles. The van der Waals surface area contributed by atoms with Crippen molar-refractivity contribution in [2.45, 2.75) is 0 Å². The lowest BCUT2D eigenvalue weighted by Gasteiger charge is -2.10. The van der Waals surface area contributed by atoms with Crippen LogP contribution in [0.2, 0.25) is 0 Å². The maximum Gasteiger partial charge on any atom is 0.131 e. The number of ether oxygens (including phenoxy) is 3. The van der Waals surface area contributed by atoms with Crippen molar-refractivity contribution in [3.63, 3.8) is 0 Å². The van der Waals surface area contributed by atoms with Gasteiger partial charge in [-0.25, -0.2) is 0 Å². The molecule has 0 saturated carbocycles. The Hall–Kier alpha value is -1.16. The van der Waals surface area contributed by atoms with Crippen LogP contribution in [0.4, 0.5) is 0 Å². The van der Waals surface area contributed by atoms with Gasteiger partial charge in [0.1, 0.15) is 11.5 Å². The van der Waals surface area contributed by atoms with E-state index in [2.05, 4.69) is 15.9 Å². The molecule has 0 aromatic heterocycles. The molecule has 1 rings (SSSR count). The summed E-state index contributed by atoms with van der Waals surface area (Å²) in [6, 6.07) is 3.75. The molecule has 82 valence electrons. The van der Waals surface area contributed by atoms with Crippen LogP contribution in [0.15, 0.2) is 22.9 Å². The van der Waals surface area contributed by atoms with Gasteiger partial charge in [-0.3, -0.25) is 0 Å². The molecule has 0 saturated heterocycles. The topological polar surface area (TPSA) is 27.7 Å². The maximum atomic E-state index is 5.25. The summed E-state index contributed by atoms with van der Waals surface area (Å²) in [5, 5.41) is 0. The van der Waals surface area contributed by atoms with Gasteiger partial charge in [-0.15, -0.1) is 0 Å². The summed E-state index contributed by atoms with van der Waals surface area (Å²) in [6.45, 7) is 0. The van der Waals surface area contributed by atoms with E-state index in [-0.39, 0.29) is 0 Å². The van der Waals surface area contributed by atoms with Crippen LogP contribution in [0.3, 0.4) is 0 Å². The minimum absolute atomic E-state index is 0.731. The van der Waals surface area contributed by atoms with Gasteiger partial charge in [0, 0.05) is 4.47 Å². The molecule has 0 unspecified atom stereocenters. The minimum atomic E-state index is 0.731. The Morgan fingerprint density at radius 1 is 1.07 bits per heavy atom. The smallest absolute Gasteiger partial charge is 0.131 e. The third-order valence-electron chi connectivity index (χ3n) is 1.88. The molecule has 0 fully saturated rings. The molecular weight excluding hydrogens is 260 g/mol. The van der Waals surface area contributed by atoms with Gasteiger partial charge in [-0.05, 0) is 18.2 Å². The number of hydrogen-bond donors (Lipinski definition) is 0. The van der Waals surface area contributed by atoms with Gasteiger partial charge in [0.05, 0.1) is 33.2 Å². The fourth-order valence-corrected chi connectivity index (χ4v) is 1.62. The average molecular weight is 273 g/mol. The van der Waals surface area contributed by atoms with Crippen LogP contribution in [0.25, 0.3) is 6.08 Å². The molecule has 0 spiro atoms. The fraction of sp³-hybridized carbons (Fsp3) is 0.273. The van der Waals surface area contributed by atoms with Crippen molar-refractivity contribution >= 4 is 22.0 Å². The van der Waals surface area contributed by atoms with Crippen LogP contribution in [0, 0.1) is 0 Å². The van der Waals surface area contributed by atoms with E-state index in [1.807, 2.05) is 12.1 Å². The Bertz CT molecular complexity index is 336. The zero-order valence-corrected chi connectivity index (χ0v) is 10.5. The molecular formula is C11H13BrO3. The third-order valence-corrected chi connectivity index (χ3v) is 2.34. The van der Waals surface area contributed by atoms with Crippen molar-refractivity contribution in [1.82, 2.24) is 0 Å². The second-order valence-corrected chi connectivity index (χ2v) is 3.68. The predicted molar refractivity (Wildman–Crippen MR) is 63.3 cm³/mol. The summed E-state index contributed by atoms with van der Waals surface area (Å²) >= 11 is 3.38. The van der Waals surface area contributed by atoms with E-state index < -0.39 is 0 Å². The van der Waals surface area contributed by atoms with Crippen molar-refractivity contribution in [1.29, 1.82) is 0 Å². The molecule has 4 heteroatoms. The number of halogens is 1. The Kier molecular flexibility index (Phi) is 4.49. The zero-order chi connectivity index (χ0) is 11.3. The van der Waals surface area contributed by atoms with Crippen LogP contribution < -0.4 is 9.47 Å².